The largest absolute Gasteiger partial charge is 0.467 e. The second-order valence-electron chi connectivity index (χ2n) is 3.28. The third-order valence-corrected chi connectivity index (χ3v) is 2.66. The van der Waals surface area contributed by atoms with E-state index in [1.807, 2.05) is 0 Å². The fraction of sp³-hybridized carbons (Fsp3) is 0.0909. The third kappa shape index (κ3) is 2.01. The first-order chi connectivity index (χ1) is 7.59. The molecule has 0 amide bonds. The van der Waals surface area contributed by atoms with Gasteiger partial charge in [0.15, 0.2) is 0 Å². The number of hydrogen-bond acceptors (Lipinski definition) is 2. The van der Waals surface area contributed by atoms with E-state index in [-0.39, 0.29) is 5.56 Å². The molecule has 1 heterocycles. The zero-order valence-corrected chi connectivity index (χ0v) is 9.67. The summed E-state index contributed by atoms with van der Waals surface area (Å²) < 4.78 is 32.5. The van der Waals surface area contributed by atoms with E-state index in [9.17, 15) is 8.78 Å². The second-order valence-corrected chi connectivity index (χ2v) is 4.19. The van der Waals surface area contributed by atoms with E-state index in [0.717, 1.165) is 0 Å². The smallest absolute Gasteiger partial charge is 0.132 e. The maximum absolute atomic E-state index is 13.6. The van der Waals surface area contributed by atoms with Gasteiger partial charge >= 0.3 is 0 Å². The lowest BCUT2D eigenvalue weighted by Crippen LogP contribution is -2.15. The highest BCUT2D eigenvalue weighted by Crippen LogP contribution is 2.27. The standard InChI is InChI=1S/C11H8BrF2NO/c12-6-4-7(13)10(8(14)5-6)11(15)9-2-1-3-16-9/h1-5,11H,15H2. The maximum atomic E-state index is 13.6. The Bertz CT molecular complexity index is 476. The van der Waals surface area contributed by atoms with Crippen LogP contribution in [0.2, 0.25) is 0 Å². The van der Waals surface area contributed by atoms with E-state index in [0.29, 0.717) is 10.2 Å². The van der Waals surface area contributed by atoms with Crippen molar-refractivity contribution in [3.8, 4) is 0 Å². The summed E-state index contributed by atoms with van der Waals surface area (Å²) in [5.74, 6) is -1.08. The van der Waals surface area contributed by atoms with Crippen LogP contribution >= 0.6 is 15.9 Å². The van der Waals surface area contributed by atoms with Crippen molar-refractivity contribution >= 4 is 15.9 Å². The van der Waals surface area contributed by atoms with Crippen LogP contribution < -0.4 is 5.73 Å². The molecule has 0 aliphatic rings. The summed E-state index contributed by atoms with van der Waals surface area (Å²) in [6.45, 7) is 0. The molecule has 1 aromatic carbocycles. The zero-order chi connectivity index (χ0) is 11.7. The van der Waals surface area contributed by atoms with E-state index in [1.54, 1.807) is 12.1 Å². The molecule has 0 spiro atoms. The van der Waals surface area contributed by atoms with Gasteiger partial charge in [-0.05, 0) is 24.3 Å². The lowest BCUT2D eigenvalue weighted by Gasteiger charge is -2.11. The van der Waals surface area contributed by atoms with Gasteiger partial charge in [-0.15, -0.1) is 0 Å². The molecule has 16 heavy (non-hydrogen) atoms. The van der Waals surface area contributed by atoms with Gasteiger partial charge in [0.1, 0.15) is 17.4 Å². The Morgan fingerprint density at radius 3 is 2.38 bits per heavy atom. The van der Waals surface area contributed by atoms with Crippen molar-refractivity contribution in [3.63, 3.8) is 0 Å². The summed E-state index contributed by atoms with van der Waals surface area (Å²) in [4.78, 5) is 0. The quantitative estimate of drug-likeness (QED) is 0.920. The van der Waals surface area contributed by atoms with Crippen LogP contribution in [0.25, 0.3) is 0 Å². The molecule has 84 valence electrons. The molecular formula is C11H8BrF2NO. The Balaban J connectivity index is 2.48. The van der Waals surface area contributed by atoms with E-state index >= 15 is 0 Å². The molecule has 2 aromatic rings. The highest BCUT2D eigenvalue weighted by atomic mass is 79.9. The molecule has 0 radical (unpaired) electrons. The minimum absolute atomic E-state index is 0.196. The number of nitrogens with two attached hydrogens (primary N) is 1. The molecule has 0 bridgehead atoms. The molecule has 5 heteroatoms. The number of furan rings is 1. The Hall–Kier alpha value is -1.20. The van der Waals surface area contributed by atoms with Crippen LogP contribution in [0.3, 0.4) is 0 Å². The molecule has 2 N–H and O–H groups in total. The van der Waals surface area contributed by atoms with Gasteiger partial charge in [-0.2, -0.15) is 0 Å². The topological polar surface area (TPSA) is 39.2 Å². The Kier molecular flexibility index (Phi) is 3.07. The van der Waals surface area contributed by atoms with Crippen LogP contribution in [0, 0.1) is 11.6 Å². The molecule has 0 saturated heterocycles. The summed E-state index contributed by atoms with van der Waals surface area (Å²) in [6.07, 6.45) is 1.41. The van der Waals surface area contributed by atoms with Crippen molar-refractivity contribution in [3.05, 3.63) is 58.0 Å². The first-order valence-electron chi connectivity index (χ1n) is 4.53. The van der Waals surface area contributed by atoms with Crippen LogP contribution in [-0.2, 0) is 0 Å². The molecule has 0 aliphatic carbocycles. The maximum Gasteiger partial charge on any atom is 0.132 e. The minimum Gasteiger partial charge on any atom is -0.467 e. The third-order valence-electron chi connectivity index (χ3n) is 2.20. The van der Waals surface area contributed by atoms with E-state index in [1.165, 1.54) is 18.4 Å². The number of rotatable bonds is 2. The Labute approximate surface area is 99.2 Å². The van der Waals surface area contributed by atoms with Crippen molar-refractivity contribution in [1.82, 2.24) is 0 Å². The molecule has 2 nitrogen and oxygen atoms in total. The fourth-order valence-electron chi connectivity index (χ4n) is 1.46. The van der Waals surface area contributed by atoms with Gasteiger partial charge in [-0.3, -0.25) is 0 Å². The van der Waals surface area contributed by atoms with Crippen molar-refractivity contribution in [2.24, 2.45) is 5.73 Å². The fourth-order valence-corrected chi connectivity index (χ4v) is 1.86. The first kappa shape index (κ1) is 11.3. The molecule has 0 saturated carbocycles. The average Bonchev–Trinajstić information content (AvgIpc) is 2.67. The van der Waals surface area contributed by atoms with Crippen molar-refractivity contribution in [2.75, 3.05) is 0 Å². The number of benzene rings is 1. The SMILES string of the molecule is NC(c1ccco1)c1c(F)cc(Br)cc1F. The highest BCUT2D eigenvalue weighted by molar-refractivity contribution is 9.10. The van der Waals surface area contributed by atoms with Crippen LogP contribution in [-0.4, -0.2) is 0 Å². The van der Waals surface area contributed by atoms with Gasteiger partial charge < -0.3 is 10.2 Å². The van der Waals surface area contributed by atoms with Gasteiger partial charge in [-0.25, -0.2) is 8.78 Å². The Morgan fingerprint density at radius 2 is 1.88 bits per heavy atom. The Morgan fingerprint density at radius 1 is 1.25 bits per heavy atom. The lowest BCUT2D eigenvalue weighted by atomic mass is 10.0. The second kappa shape index (κ2) is 4.35. The summed E-state index contributed by atoms with van der Waals surface area (Å²) in [5.41, 5.74) is 5.53. The van der Waals surface area contributed by atoms with Crippen LogP contribution in [0.5, 0.6) is 0 Å². The van der Waals surface area contributed by atoms with Crippen LogP contribution in [0.15, 0.2) is 39.4 Å². The number of hydrogen-bond donors (Lipinski definition) is 1. The monoisotopic (exact) mass is 287 g/mol. The van der Waals surface area contributed by atoms with Crippen molar-refractivity contribution in [2.45, 2.75) is 6.04 Å². The molecule has 1 atom stereocenters. The molecule has 1 aromatic heterocycles. The zero-order valence-electron chi connectivity index (χ0n) is 8.08. The normalized spacial score (nSPS) is 12.8. The van der Waals surface area contributed by atoms with Gasteiger partial charge in [0, 0.05) is 10.0 Å². The highest BCUT2D eigenvalue weighted by Gasteiger charge is 2.20. The molecule has 1 unspecified atom stereocenters. The van der Waals surface area contributed by atoms with E-state index in [2.05, 4.69) is 15.9 Å². The lowest BCUT2D eigenvalue weighted by molar-refractivity contribution is 0.465. The first-order valence-corrected chi connectivity index (χ1v) is 5.32. The van der Waals surface area contributed by atoms with Gasteiger partial charge in [0.05, 0.1) is 12.3 Å². The van der Waals surface area contributed by atoms with Gasteiger partial charge in [-0.1, -0.05) is 15.9 Å². The van der Waals surface area contributed by atoms with Crippen LogP contribution in [0.1, 0.15) is 17.4 Å². The minimum atomic E-state index is -0.942. The summed E-state index contributed by atoms with van der Waals surface area (Å²) >= 11 is 3.00. The van der Waals surface area contributed by atoms with Crippen molar-refractivity contribution < 1.29 is 13.2 Å². The summed E-state index contributed by atoms with van der Waals surface area (Å²) in [6, 6.07) is 4.58. The summed E-state index contributed by atoms with van der Waals surface area (Å²) in [5, 5.41) is 0. The van der Waals surface area contributed by atoms with E-state index in [4.69, 9.17) is 10.2 Å². The number of halogens is 3. The van der Waals surface area contributed by atoms with Gasteiger partial charge in [0.25, 0.3) is 0 Å². The van der Waals surface area contributed by atoms with Crippen LogP contribution in [0.4, 0.5) is 8.78 Å². The predicted octanol–water partition coefficient (Wildman–Crippen LogP) is 3.37. The van der Waals surface area contributed by atoms with Crippen molar-refractivity contribution in [1.29, 1.82) is 0 Å². The predicted molar refractivity (Wildman–Crippen MR) is 58.8 cm³/mol. The summed E-state index contributed by atoms with van der Waals surface area (Å²) in [7, 11) is 0. The average molecular weight is 288 g/mol. The van der Waals surface area contributed by atoms with Gasteiger partial charge in [0.2, 0.25) is 0 Å². The molecule has 2 rings (SSSR count). The molecule has 0 fully saturated rings. The van der Waals surface area contributed by atoms with E-state index < -0.39 is 17.7 Å². The molecule has 0 aliphatic heterocycles. The molecular weight excluding hydrogens is 280 g/mol.